The van der Waals surface area contributed by atoms with E-state index in [0.717, 1.165) is 29.1 Å². The van der Waals surface area contributed by atoms with Crippen LogP contribution in [-0.2, 0) is 12.8 Å². The highest BCUT2D eigenvalue weighted by molar-refractivity contribution is 5.42. The van der Waals surface area contributed by atoms with E-state index < -0.39 is 0 Å². The van der Waals surface area contributed by atoms with Crippen molar-refractivity contribution in [2.75, 3.05) is 5.73 Å². The maximum Gasteiger partial charge on any atom is 0.135 e. The summed E-state index contributed by atoms with van der Waals surface area (Å²) in [6, 6.07) is 3.92. The van der Waals surface area contributed by atoms with Crippen LogP contribution < -0.4 is 5.73 Å². The average Bonchev–Trinajstić information content (AvgIpc) is 2.30. The van der Waals surface area contributed by atoms with Gasteiger partial charge in [-0.25, -0.2) is 9.97 Å². The molecule has 2 N–H and O–H groups in total. The predicted octanol–water partition coefficient (Wildman–Crippen LogP) is 1.92. The summed E-state index contributed by atoms with van der Waals surface area (Å²) >= 11 is 0. The van der Waals surface area contributed by atoms with E-state index in [2.05, 4.69) is 21.9 Å². The van der Waals surface area contributed by atoms with E-state index in [1.54, 1.807) is 6.20 Å². The molecule has 0 bridgehead atoms. The number of nitrogens with zero attached hydrogens (tertiary/aromatic N) is 3. The molecule has 0 radical (unpaired) electrons. The van der Waals surface area contributed by atoms with E-state index in [0.29, 0.717) is 12.2 Å². The van der Waals surface area contributed by atoms with Gasteiger partial charge in [0.2, 0.25) is 0 Å². The minimum Gasteiger partial charge on any atom is -0.383 e. The number of aromatic nitrogens is 3. The SMILES string of the molecule is CCc1c(C)nc(Cc2cccnc2)nc1N. The van der Waals surface area contributed by atoms with Gasteiger partial charge in [0, 0.05) is 30.1 Å². The third-order valence-electron chi connectivity index (χ3n) is 2.73. The molecule has 88 valence electrons. The summed E-state index contributed by atoms with van der Waals surface area (Å²) in [6.45, 7) is 4.03. The van der Waals surface area contributed by atoms with Crippen molar-refractivity contribution < 1.29 is 0 Å². The summed E-state index contributed by atoms with van der Waals surface area (Å²) < 4.78 is 0. The molecule has 0 fully saturated rings. The van der Waals surface area contributed by atoms with Crippen LogP contribution in [0.15, 0.2) is 24.5 Å². The van der Waals surface area contributed by atoms with Gasteiger partial charge in [-0.1, -0.05) is 13.0 Å². The molecular formula is C13H16N4. The summed E-state index contributed by atoms with van der Waals surface area (Å²) in [5, 5.41) is 0. The van der Waals surface area contributed by atoms with Crippen LogP contribution in [0.25, 0.3) is 0 Å². The molecule has 2 aromatic heterocycles. The Morgan fingerprint density at radius 1 is 1.29 bits per heavy atom. The van der Waals surface area contributed by atoms with Crippen LogP contribution in [0.2, 0.25) is 0 Å². The zero-order valence-electron chi connectivity index (χ0n) is 10.1. The first-order chi connectivity index (χ1) is 8.20. The van der Waals surface area contributed by atoms with Crippen molar-refractivity contribution >= 4 is 5.82 Å². The van der Waals surface area contributed by atoms with Crippen LogP contribution in [0, 0.1) is 6.92 Å². The molecule has 2 aromatic rings. The van der Waals surface area contributed by atoms with E-state index >= 15 is 0 Å². The molecule has 0 unspecified atom stereocenters. The minimum atomic E-state index is 0.596. The summed E-state index contributed by atoms with van der Waals surface area (Å²) in [4.78, 5) is 12.9. The smallest absolute Gasteiger partial charge is 0.135 e. The molecule has 0 aliphatic carbocycles. The quantitative estimate of drug-likeness (QED) is 0.871. The van der Waals surface area contributed by atoms with Gasteiger partial charge in [0.15, 0.2) is 0 Å². The molecule has 2 rings (SSSR count). The van der Waals surface area contributed by atoms with Gasteiger partial charge in [-0.05, 0) is 25.0 Å². The molecule has 0 aromatic carbocycles. The van der Waals surface area contributed by atoms with E-state index in [1.807, 2.05) is 25.3 Å². The minimum absolute atomic E-state index is 0.596. The number of aryl methyl sites for hydroxylation is 1. The Hall–Kier alpha value is -1.97. The molecule has 4 nitrogen and oxygen atoms in total. The highest BCUT2D eigenvalue weighted by atomic mass is 15.0. The van der Waals surface area contributed by atoms with E-state index in [-0.39, 0.29) is 0 Å². The predicted molar refractivity (Wildman–Crippen MR) is 67.6 cm³/mol. The van der Waals surface area contributed by atoms with Gasteiger partial charge < -0.3 is 5.73 Å². The highest BCUT2D eigenvalue weighted by Crippen LogP contribution is 2.15. The molecule has 0 aliphatic heterocycles. The normalized spacial score (nSPS) is 10.5. The summed E-state index contributed by atoms with van der Waals surface area (Å²) in [7, 11) is 0. The zero-order chi connectivity index (χ0) is 12.3. The summed E-state index contributed by atoms with van der Waals surface area (Å²) in [5.41, 5.74) is 9.03. The van der Waals surface area contributed by atoms with Crippen molar-refractivity contribution in [3.63, 3.8) is 0 Å². The van der Waals surface area contributed by atoms with Crippen molar-refractivity contribution in [1.82, 2.24) is 15.0 Å². The molecule has 0 saturated carbocycles. The lowest BCUT2D eigenvalue weighted by Gasteiger charge is -2.08. The first kappa shape index (κ1) is 11.5. The Morgan fingerprint density at radius 3 is 2.71 bits per heavy atom. The fraction of sp³-hybridized carbons (Fsp3) is 0.308. The number of nitrogen functional groups attached to an aromatic ring is 1. The first-order valence-corrected chi connectivity index (χ1v) is 5.71. The lowest BCUT2D eigenvalue weighted by molar-refractivity contribution is 0.909. The van der Waals surface area contributed by atoms with Crippen LogP contribution in [0.5, 0.6) is 0 Å². The van der Waals surface area contributed by atoms with Crippen molar-refractivity contribution in [3.8, 4) is 0 Å². The second kappa shape index (κ2) is 4.91. The summed E-state index contributed by atoms with van der Waals surface area (Å²) in [5.74, 6) is 1.35. The lowest BCUT2D eigenvalue weighted by atomic mass is 10.1. The number of anilines is 1. The van der Waals surface area contributed by atoms with Gasteiger partial charge in [-0.3, -0.25) is 4.98 Å². The molecule has 4 heteroatoms. The Kier molecular flexibility index (Phi) is 3.32. The molecular weight excluding hydrogens is 212 g/mol. The van der Waals surface area contributed by atoms with Crippen molar-refractivity contribution in [2.24, 2.45) is 0 Å². The van der Waals surface area contributed by atoms with Gasteiger partial charge in [0.1, 0.15) is 11.6 Å². The van der Waals surface area contributed by atoms with Gasteiger partial charge in [-0.2, -0.15) is 0 Å². The molecule has 2 heterocycles. The van der Waals surface area contributed by atoms with E-state index in [9.17, 15) is 0 Å². The molecule has 0 saturated heterocycles. The fourth-order valence-electron chi connectivity index (χ4n) is 1.88. The standard InChI is InChI=1S/C13H16N4/c1-3-11-9(2)16-12(17-13(11)14)7-10-5-4-6-15-8-10/h4-6,8H,3,7H2,1-2H3,(H2,14,16,17). The van der Waals surface area contributed by atoms with Crippen molar-refractivity contribution in [1.29, 1.82) is 0 Å². The zero-order valence-corrected chi connectivity index (χ0v) is 10.1. The van der Waals surface area contributed by atoms with Crippen molar-refractivity contribution in [3.05, 3.63) is 47.2 Å². The van der Waals surface area contributed by atoms with Gasteiger partial charge in [-0.15, -0.1) is 0 Å². The molecule has 17 heavy (non-hydrogen) atoms. The molecule has 0 atom stereocenters. The maximum absolute atomic E-state index is 5.92. The van der Waals surface area contributed by atoms with E-state index in [1.165, 1.54) is 0 Å². The second-order valence-electron chi connectivity index (χ2n) is 3.98. The van der Waals surface area contributed by atoms with Crippen LogP contribution in [0.1, 0.15) is 29.6 Å². The van der Waals surface area contributed by atoms with Crippen LogP contribution in [0.4, 0.5) is 5.82 Å². The van der Waals surface area contributed by atoms with Crippen LogP contribution >= 0.6 is 0 Å². The van der Waals surface area contributed by atoms with Crippen molar-refractivity contribution in [2.45, 2.75) is 26.7 Å². The van der Waals surface area contributed by atoms with Gasteiger partial charge in [0.25, 0.3) is 0 Å². The largest absolute Gasteiger partial charge is 0.383 e. The third-order valence-corrected chi connectivity index (χ3v) is 2.73. The third kappa shape index (κ3) is 2.58. The Morgan fingerprint density at radius 2 is 2.12 bits per heavy atom. The fourth-order valence-corrected chi connectivity index (χ4v) is 1.88. The summed E-state index contributed by atoms with van der Waals surface area (Å²) in [6.07, 6.45) is 5.11. The Labute approximate surface area is 101 Å². The number of rotatable bonds is 3. The first-order valence-electron chi connectivity index (χ1n) is 5.71. The monoisotopic (exact) mass is 228 g/mol. The Bertz CT molecular complexity index is 485. The van der Waals surface area contributed by atoms with Crippen LogP contribution in [0.3, 0.4) is 0 Å². The topological polar surface area (TPSA) is 64.7 Å². The highest BCUT2D eigenvalue weighted by Gasteiger charge is 2.07. The van der Waals surface area contributed by atoms with E-state index in [4.69, 9.17) is 5.73 Å². The second-order valence-corrected chi connectivity index (χ2v) is 3.98. The molecule has 0 amide bonds. The average molecular weight is 228 g/mol. The molecule has 0 spiro atoms. The maximum atomic E-state index is 5.92. The molecule has 0 aliphatic rings. The Balaban J connectivity index is 2.29. The van der Waals surface area contributed by atoms with Gasteiger partial charge >= 0.3 is 0 Å². The van der Waals surface area contributed by atoms with Crippen LogP contribution in [-0.4, -0.2) is 15.0 Å². The number of hydrogen-bond acceptors (Lipinski definition) is 4. The lowest BCUT2D eigenvalue weighted by Crippen LogP contribution is -2.07. The number of hydrogen-bond donors (Lipinski definition) is 1. The number of pyridine rings is 1. The number of nitrogens with two attached hydrogens (primary N) is 1. The van der Waals surface area contributed by atoms with Gasteiger partial charge in [0.05, 0.1) is 0 Å².